The molecular weight excluding hydrogens is 488 g/mol. The van der Waals surface area contributed by atoms with E-state index < -0.39 is 6.10 Å². The molecule has 6 atom stereocenters. The molecule has 1 saturated carbocycles. The van der Waals surface area contributed by atoms with Gasteiger partial charge in [0.15, 0.2) is 5.13 Å². The van der Waals surface area contributed by atoms with E-state index in [9.17, 15) is 14.7 Å². The first-order chi connectivity index (χ1) is 17.4. The highest BCUT2D eigenvalue weighted by Crippen LogP contribution is 2.57. The number of morpholine rings is 1. The summed E-state index contributed by atoms with van der Waals surface area (Å²) >= 11 is 1.58. The maximum atomic E-state index is 13.0. The first kappa shape index (κ1) is 28.5. The zero-order chi connectivity index (χ0) is 27.0. The minimum Gasteiger partial charge on any atom is -0.392 e. The van der Waals surface area contributed by atoms with Crippen molar-refractivity contribution in [3.05, 3.63) is 10.6 Å². The summed E-state index contributed by atoms with van der Waals surface area (Å²) < 4.78 is 5.39. The molecule has 1 aliphatic heterocycles. The largest absolute Gasteiger partial charge is 0.392 e. The summed E-state index contributed by atoms with van der Waals surface area (Å²) in [6.07, 6.45) is 2.54. The number of nitrogens with one attached hydrogen (secondary N) is 2. The Morgan fingerprint density at radius 3 is 2.68 bits per heavy atom. The van der Waals surface area contributed by atoms with Gasteiger partial charge in [0.25, 0.3) is 0 Å². The summed E-state index contributed by atoms with van der Waals surface area (Å²) in [5.41, 5.74) is 0.871. The van der Waals surface area contributed by atoms with E-state index >= 15 is 0 Å². The van der Waals surface area contributed by atoms with Gasteiger partial charge in [-0.05, 0) is 41.9 Å². The molecule has 0 radical (unpaired) electrons. The van der Waals surface area contributed by atoms with Gasteiger partial charge in [0, 0.05) is 49.3 Å². The van der Waals surface area contributed by atoms with Crippen molar-refractivity contribution < 1.29 is 19.4 Å². The predicted octanol–water partition coefficient (Wildman–Crippen LogP) is 3.66. The molecule has 4 rings (SSSR count). The van der Waals surface area contributed by atoms with Crippen molar-refractivity contribution in [2.45, 2.75) is 79.2 Å². The molecule has 2 aliphatic carbocycles. The number of aliphatic hydroxyl groups is 1. The van der Waals surface area contributed by atoms with Crippen molar-refractivity contribution in [2.75, 3.05) is 44.7 Å². The van der Waals surface area contributed by atoms with Crippen LogP contribution in [0.15, 0.2) is 0 Å². The molecule has 3 N–H and O–H groups in total. The summed E-state index contributed by atoms with van der Waals surface area (Å²) in [6, 6.07) is 0. The number of carbonyl (C=O) groups excluding carboxylic acids is 2. The maximum Gasteiger partial charge on any atom is 0.226 e. The molecule has 1 aromatic heterocycles. The van der Waals surface area contributed by atoms with Crippen LogP contribution in [0.25, 0.3) is 0 Å². The lowest BCUT2D eigenvalue weighted by Crippen LogP contribution is -2.53. The Kier molecular flexibility index (Phi) is 8.68. The van der Waals surface area contributed by atoms with Gasteiger partial charge in [-0.3, -0.25) is 14.5 Å². The zero-order valence-electron chi connectivity index (χ0n) is 23.4. The average molecular weight is 535 g/mol. The van der Waals surface area contributed by atoms with Crippen LogP contribution in [0.3, 0.4) is 0 Å². The molecule has 3 aliphatic rings. The zero-order valence-corrected chi connectivity index (χ0v) is 24.2. The van der Waals surface area contributed by atoms with Gasteiger partial charge in [-0.15, -0.1) is 11.3 Å². The van der Waals surface area contributed by atoms with Crippen molar-refractivity contribution >= 4 is 28.3 Å². The van der Waals surface area contributed by atoms with E-state index in [1.165, 1.54) is 4.88 Å². The Balaban J connectivity index is 1.40. The normalized spacial score (nSPS) is 31.2. The monoisotopic (exact) mass is 534 g/mol. The standard InChI is InChI=1S/C28H46N4O4S/c1-17(25(35)29-9-10-32-11-13-36-14-12-32)19-7-8-28(6)15-20-23(18(2)22(28)24(19)34)31-26(37-20)30-21(33)16-27(3,4)5/h17-19,22,24,34H,7-16H2,1-6H3,(H,29,35)(H,30,31,33)/t17-,18-,19+,22+,24-,28-/m0/s1. The van der Waals surface area contributed by atoms with Gasteiger partial charge in [-0.2, -0.15) is 0 Å². The molecular formula is C28H46N4O4S. The lowest BCUT2D eigenvalue weighted by molar-refractivity contribution is -0.134. The molecule has 1 saturated heterocycles. The van der Waals surface area contributed by atoms with Crippen LogP contribution >= 0.6 is 11.3 Å². The topological polar surface area (TPSA) is 104 Å². The number of amides is 2. The minimum atomic E-state index is -0.567. The Labute approximate surface area is 225 Å². The number of carbonyl (C=O) groups is 2. The number of hydrogen-bond acceptors (Lipinski definition) is 7. The fourth-order valence-corrected chi connectivity index (χ4v) is 8.04. The molecule has 0 bridgehead atoms. The van der Waals surface area contributed by atoms with E-state index in [1.807, 2.05) is 6.92 Å². The first-order valence-corrected chi connectivity index (χ1v) is 14.7. The minimum absolute atomic E-state index is 0.0107. The highest BCUT2D eigenvalue weighted by Gasteiger charge is 2.53. The Morgan fingerprint density at radius 2 is 2.00 bits per heavy atom. The number of rotatable bonds is 7. The number of thiazole rings is 1. The molecule has 37 heavy (non-hydrogen) atoms. The summed E-state index contributed by atoms with van der Waals surface area (Å²) in [7, 11) is 0. The first-order valence-electron chi connectivity index (χ1n) is 13.9. The number of aromatic nitrogens is 1. The Morgan fingerprint density at radius 1 is 1.30 bits per heavy atom. The van der Waals surface area contributed by atoms with Gasteiger partial charge in [0.2, 0.25) is 11.8 Å². The van der Waals surface area contributed by atoms with Gasteiger partial charge in [-0.1, -0.05) is 41.5 Å². The number of ether oxygens (including phenoxy) is 1. The van der Waals surface area contributed by atoms with Crippen LogP contribution in [0.2, 0.25) is 0 Å². The third kappa shape index (κ3) is 6.54. The average Bonchev–Trinajstić information content (AvgIpc) is 3.19. The van der Waals surface area contributed by atoms with Gasteiger partial charge >= 0.3 is 0 Å². The van der Waals surface area contributed by atoms with E-state index in [2.05, 4.69) is 50.2 Å². The third-order valence-electron chi connectivity index (χ3n) is 8.75. The second-order valence-electron chi connectivity index (χ2n) is 13.0. The number of hydrogen-bond donors (Lipinski definition) is 3. The maximum absolute atomic E-state index is 13.0. The number of fused-ring (bicyclic) bond motifs is 2. The van der Waals surface area contributed by atoms with Gasteiger partial charge < -0.3 is 20.5 Å². The van der Waals surface area contributed by atoms with Crippen molar-refractivity contribution in [1.29, 1.82) is 0 Å². The summed E-state index contributed by atoms with van der Waals surface area (Å²) in [5, 5.41) is 18.4. The molecule has 0 aromatic carbocycles. The van der Waals surface area contributed by atoms with Crippen molar-refractivity contribution in [3.63, 3.8) is 0 Å². The van der Waals surface area contributed by atoms with E-state index in [4.69, 9.17) is 9.72 Å². The fraction of sp³-hybridized carbons (Fsp3) is 0.821. The number of anilines is 1. The molecule has 1 aromatic rings. The van der Waals surface area contributed by atoms with Crippen LogP contribution in [-0.4, -0.2) is 72.3 Å². The second kappa shape index (κ2) is 11.3. The van der Waals surface area contributed by atoms with E-state index in [0.717, 1.165) is 57.8 Å². The smallest absolute Gasteiger partial charge is 0.226 e. The lowest BCUT2D eigenvalue weighted by atomic mass is 9.53. The fourth-order valence-electron chi connectivity index (χ4n) is 6.76. The van der Waals surface area contributed by atoms with Crippen LogP contribution in [0.5, 0.6) is 0 Å². The van der Waals surface area contributed by atoms with Crippen molar-refractivity contribution in [2.24, 2.45) is 28.6 Å². The molecule has 0 unspecified atom stereocenters. The Bertz CT molecular complexity index is 970. The third-order valence-corrected chi connectivity index (χ3v) is 9.73. The molecule has 2 heterocycles. The van der Waals surface area contributed by atoms with Gasteiger partial charge in [0.1, 0.15) is 0 Å². The van der Waals surface area contributed by atoms with Gasteiger partial charge in [0.05, 0.1) is 25.0 Å². The number of nitrogens with zero attached hydrogens (tertiary/aromatic N) is 2. The van der Waals surface area contributed by atoms with Crippen LogP contribution in [0, 0.1) is 28.6 Å². The molecule has 2 amide bonds. The van der Waals surface area contributed by atoms with Crippen molar-refractivity contribution in [1.82, 2.24) is 15.2 Å². The summed E-state index contributed by atoms with van der Waals surface area (Å²) in [6.45, 7) is 17.3. The van der Waals surface area contributed by atoms with Crippen LogP contribution in [-0.2, 0) is 20.7 Å². The van der Waals surface area contributed by atoms with E-state index in [1.54, 1.807) is 11.3 Å². The predicted molar refractivity (Wildman–Crippen MR) is 147 cm³/mol. The Hall–Kier alpha value is -1.55. The van der Waals surface area contributed by atoms with E-state index in [0.29, 0.717) is 18.1 Å². The number of aliphatic hydroxyl groups excluding tert-OH is 1. The highest BCUT2D eigenvalue weighted by molar-refractivity contribution is 7.15. The molecule has 9 heteroatoms. The summed E-state index contributed by atoms with van der Waals surface area (Å²) in [5.74, 6) is -0.211. The molecule has 2 fully saturated rings. The second-order valence-corrected chi connectivity index (χ2v) is 14.1. The van der Waals surface area contributed by atoms with Crippen molar-refractivity contribution in [3.8, 4) is 0 Å². The SMILES string of the molecule is C[C@H](C(=O)NCCN1CCOCC1)[C@H]1CC[C@@]2(C)Cc3sc(NC(=O)CC(C)(C)C)nc3[C@@H](C)[C@@H]2[C@H]1O. The summed E-state index contributed by atoms with van der Waals surface area (Å²) in [4.78, 5) is 33.9. The van der Waals surface area contributed by atoms with Crippen LogP contribution in [0.1, 0.15) is 77.3 Å². The van der Waals surface area contributed by atoms with Gasteiger partial charge in [-0.25, -0.2) is 4.98 Å². The van der Waals surface area contributed by atoms with E-state index in [-0.39, 0.29) is 46.3 Å². The van der Waals surface area contributed by atoms with Crippen LogP contribution in [0.4, 0.5) is 5.13 Å². The molecule has 8 nitrogen and oxygen atoms in total. The molecule has 208 valence electrons. The lowest BCUT2D eigenvalue weighted by Gasteiger charge is -2.53. The quantitative estimate of drug-likeness (QED) is 0.493. The molecule has 0 spiro atoms. The highest BCUT2D eigenvalue weighted by atomic mass is 32.1. The van der Waals surface area contributed by atoms with Crippen LogP contribution < -0.4 is 10.6 Å².